The first kappa shape index (κ1) is 11.5. The van der Waals surface area contributed by atoms with Gasteiger partial charge in [0, 0.05) is 5.33 Å². The molecule has 14 heavy (non-hydrogen) atoms. The van der Waals surface area contributed by atoms with Gasteiger partial charge in [0.25, 0.3) is 0 Å². The van der Waals surface area contributed by atoms with Crippen LogP contribution < -0.4 is 4.74 Å². The van der Waals surface area contributed by atoms with Crippen molar-refractivity contribution in [3.63, 3.8) is 0 Å². The third-order valence-electron chi connectivity index (χ3n) is 1.91. The van der Waals surface area contributed by atoms with Crippen LogP contribution in [0.15, 0.2) is 18.2 Å². The number of hydrogen-bond donors (Lipinski definition) is 0. The highest BCUT2D eigenvalue weighted by Gasteiger charge is 2.03. The van der Waals surface area contributed by atoms with Gasteiger partial charge in [-0.2, -0.15) is 0 Å². The fourth-order valence-electron chi connectivity index (χ4n) is 1.07. The molecule has 78 valence electrons. The molecule has 1 rings (SSSR count). The molecule has 1 nitrogen and oxygen atoms in total. The lowest BCUT2D eigenvalue weighted by Crippen LogP contribution is -1.98. The van der Waals surface area contributed by atoms with E-state index in [0.717, 1.165) is 18.4 Å². The van der Waals surface area contributed by atoms with E-state index in [1.54, 1.807) is 6.07 Å². The van der Waals surface area contributed by atoms with Gasteiger partial charge in [0.2, 0.25) is 0 Å². The molecule has 0 fully saturated rings. The van der Waals surface area contributed by atoms with Gasteiger partial charge < -0.3 is 4.74 Å². The lowest BCUT2D eigenvalue weighted by Gasteiger charge is -2.06. The summed E-state index contributed by atoms with van der Waals surface area (Å²) in [5.74, 6) is 0.0706. The van der Waals surface area contributed by atoms with E-state index in [1.165, 1.54) is 6.07 Å². The number of unbranched alkanes of at least 4 members (excludes halogenated alkanes) is 1. The van der Waals surface area contributed by atoms with Crippen LogP contribution in [0.25, 0.3) is 0 Å². The minimum Gasteiger partial charge on any atom is -0.491 e. The minimum absolute atomic E-state index is 0.280. The second-order valence-electron chi connectivity index (χ2n) is 3.10. The molecule has 0 heterocycles. The van der Waals surface area contributed by atoms with Crippen molar-refractivity contribution >= 4 is 15.9 Å². The Morgan fingerprint density at radius 2 is 2.21 bits per heavy atom. The van der Waals surface area contributed by atoms with Gasteiger partial charge >= 0.3 is 0 Å². The Balaban J connectivity index is 2.59. The fraction of sp³-hybridized carbons (Fsp3) is 0.455. The molecule has 0 atom stereocenters. The molecule has 0 saturated carbocycles. The van der Waals surface area contributed by atoms with E-state index in [-0.39, 0.29) is 5.82 Å². The van der Waals surface area contributed by atoms with E-state index in [1.807, 2.05) is 6.07 Å². The number of hydrogen-bond acceptors (Lipinski definition) is 1. The molecule has 1 aromatic rings. The van der Waals surface area contributed by atoms with Crippen LogP contribution in [0.3, 0.4) is 0 Å². The molecule has 0 unspecified atom stereocenters. The van der Waals surface area contributed by atoms with E-state index in [0.29, 0.717) is 17.7 Å². The first-order valence-electron chi connectivity index (χ1n) is 4.75. The topological polar surface area (TPSA) is 9.23 Å². The van der Waals surface area contributed by atoms with Gasteiger partial charge in [-0.15, -0.1) is 0 Å². The normalized spacial score (nSPS) is 10.2. The van der Waals surface area contributed by atoms with Crippen LogP contribution in [0.2, 0.25) is 0 Å². The lowest BCUT2D eigenvalue weighted by molar-refractivity contribution is 0.294. The summed E-state index contributed by atoms with van der Waals surface area (Å²) in [4.78, 5) is 0. The Bertz CT molecular complexity index is 289. The summed E-state index contributed by atoms with van der Waals surface area (Å²) in [6, 6.07) is 5.04. The second kappa shape index (κ2) is 6.02. The zero-order valence-corrected chi connectivity index (χ0v) is 9.81. The SMILES string of the molecule is CCCCOc1ccc(CBr)cc1F. The third-order valence-corrected chi connectivity index (χ3v) is 2.55. The van der Waals surface area contributed by atoms with Crippen LogP contribution in [0.1, 0.15) is 25.3 Å². The summed E-state index contributed by atoms with van der Waals surface area (Å²) in [6.07, 6.45) is 2.01. The first-order chi connectivity index (χ1) is 6.77. The van der Waals surface area contributed by atoms with Crippen LogP contribution in [0.5, 0.6) is 5.75 Å². The molecule has 0 aliphatic rings. The molecule has 0 spiro atoms. The van der Waals surface area contributed by atoms with Gasteiger partial charge in [0.1, 0.15) is 0 Å². The number of alkyl halides is 1. The predicted octanol–water partition coefficient (Wildman–Crippen LogP) is 3.90. The van der Waals surface area contributed by atoms with Crippen LogP contribution >= 0.6 is 15.9 Å². The molecule has 0 aliphatic carbocycles. The highest BCUT2D eigenvalue weighted by molar-refractivity contribution is 9.08. The number of halogens is 2. The molecule has 0 saturated heterocycles. The molecule has 0 N–H and O–H groups in total. The Hall–Kier alpha value is -0.570. The average molecular weight is 261 g/mol. The Morgan fingerprint density at radius 3 is 2.79 bits per heavy atom. The quantitative estimate of drug-likeness (QED) is 0.577. The lowest BCUT2D eigenvalue weighted by atomic mass is 10.2. The van der Waals surface area contributed by atoms with E-state index in [2.05, 4.69) is 22.9 Å². The van der Waals surface area contributed by atoms with Crippen LogP contribution in [0.4, 0.5) is 4.39 Å². The largest absolute Gasteiger partial charge is 0.491 e. The predicted molar refractivity (Wildman–Crippen MR) is 59.4 cm³/mol. The summed E-state index contributed by atoms with van der Waals surface area (Å²) >= 11 is 3.27. The monoisotopic (exact) mass is 260 g/mol. The van der Waals surface area contributed by atoms with Gasteiger partial charge in [-0.1, -0.05) is 35.3 Å². The van der Waals surface area contributed by atoms with Crippen molar-refractivity contribution in [1.29, 1.82) is 0 Å². The summed E-state index contributed by atoms with van der Waals surface area (Å²) in [5.41, 5.74) is 0.922. The van der Waals surface area contributed by atoms with Crippen molar-refractivity contribution in [2.24, 2.45) is 0 Å². The van der Waals surface area contributed by atoms with Crippen molar-refractivity contribution in [2.75, 3.05) is 6.61 Å². The van der Waals surface area contributed by atoms with Crippen LogP contribution in [-0.2, 0) is 5.33 Å². The molecule has 0 bridgehead atoms. The Morgan fingerprint density at radius 1 is 1.43 bits per heavy atom. The zero-order valence-electron chi connectivity index (χ0n) is 8.22. The first-order valence-corrected chi connectivity index (χ1v) is 5.87. The summed E-state index contributed by atoms with van der Waals surface area (Å²) < 4.78 is 18.6. The number of benzene rings is 1. The molecule has 0 aromatic heterocycles. The highest BCUT2D eigenvalue weighted by Crippen LogP contribution is 2.19. The van der Waals surface area contributed by atoms with Crippen molar-refractivity contribution < 1.29 is 9.13 Å². The smallest absolute Gasteiger partial charge is 0.165 e. The molecule has 0 aliphatic heterocycles. The summed E-state index contributed by atoms with van der Waals surface area (Å²) in [6.45, 7) is 2.66. The van der Waals surface area contributed by atoms with Gasteiger partial charge in [0.15, 0.2) is 11.6 Å². The molecule has 0 radical (unpaired) electrons. The van der Waals surface area contributed by atoms with E-state index < -0.39 is 0 Å². The molecule has 1 aromatic carbocycles. The van der Waals surface area contributed by atoms with Crippen LogP contribution in [-0.4, -0.2) is 6.61 Å². The van der Waals surface area contributed by atoms with Crippen LogP contribution in [0, 0.1) is 5.82 Å². The molecular formula is C11H14BrFO. The maximum atomic E-state index is 13.3. The number of ether oxygens (including phenoxy) is 1. The fourth-order valence-corrected chi connectivity index (χ4v) is 1.42. The third kappa shape index (κ3) is 3.29. The molecular weight excluding hydrogens is 247 g/mol. The second-order valence-corrected chi connectivity index (χ2v) is 3.66. The average Bonchev–Trinajstić information content (AvgIpc) is 2.20. The van der Waals surface area contributed by atoms with Crippen molar-refractivity contribution in [3.05, 3.63) is 29.6 Å². The van der Waals surface area contributed by atoms with Crippen molar-refractivity contribution in [2.45, 2.75) is 25.1 Å². The molecule has 0 amide bonds. The highest BCUT2D eigenvalue weighted by atomic mass is 79.9. The zero-order chi connectivity index (χ0) is 10.4. The van der Waals surface area contributed by atoms with E-state index >= 15 is 0 Å². The van der Waals surface area contributed by atoms with Gasteiger partial charge in [-0.25, -0.2) is 4.39 Å². The maximum Gasteiger partial charge on any atom is 0.165 e. The van der Waals surface area contributed by atoms with E-state index in [9.17, 15) is 4.39 Å². The summed E-state index contributed by atoms with van der Waals surface area (Å²) in [5, 5.41) is 0.666. The van der Waals surface area contributed by atoms with Gasteiger partial charge in [-0.3, -0.25) is 0 Å². The summed E-state index contributed by atoms with van der Waals surface area (Å²) in [7, 11) is 0. The minimum atomic E-state index is -0.280. The maximum absolute atomic E-state index is 13.3. The van der Waals surface area contributed by atoms with Gasteiger partial charge in [-0.05, 0) is 24.1 Å². The Kier molecular flexibility index (Phi) is 4.94. The standard InChI is InChI=1S/C11H14BrFO/c1-2-3-6-14-11-5-4-9(8-12)7-10(11)13/h4-5,7H,2-3,6,8H2,1H3. The number of rotatable bonds is 5. The van der Waals surface area contributed by atoms with Gasteiger partial charge in [0.05, 0.1) is 6.61 Å². The van der Waals surface area contributed by atoms with Crippen molar-refractivity contribution in [3.8, 4) is 5.75 Å². The molecule has 3 heteroatoms. The van der Waals surface area contributed by atoms with Crippen molar-refractivity contribution in [1.82, 2.24) is 0 Å². The van der Waals surface area contributed by atoms with E-state index in [4.69, 9.17) is 4.74 Å². The Labute approximate surface area is 92.4 Å².